The maximum atomic E-state index is 14.1. The fraction of sp³-hybridized carbons (Fsp3) is 0.381. The van der Waals surface area contributed by atoms with Crippen LogP contribution in [-0.2, 0) is 14.1 Å². The third kappa shape index (κ3) is 4.13. The summed E-state index contributed by atoms with van der Waals surface area (Å²) in [5, 5.41) is 1.42. The van der Waals surface area contributed by atoms with Crippen LogP contribution in [0, 0.1) is 5.82 Å². The lowest BCUT2D eigenvalue weighted by molar-refractivity contribution is -0.109. The average molecular weight is 386 g/mol. The minimum atomic E-state index is -0.550. The molecule has 0 unspecified atom stereocenters. The molecule has 2 aromatic carbocycles. The average Bonchev–Trinajstić information content (AvgIpc) is 2.81. The van der Waals surface area contributed by atoms with Gasteiger partial charge in [-0.25, -0.2) is 4.39 Å². The van der Waals surface area contributed by atoms with Crippen LogP contribution in [0.1, 0.15) is 40.2 Å². The molecule has 3 nitrogen and oxygen atoms in total. The number of carbonyl (C=O) groups excluding carboxylic acids is 1. The molecular weight excluding hydrogens is 362 g/mol. The van der Waals surface area contributed by atoms with E-state index in [-0.39, 0.29) is 10.9 Å². The van der Waals surface area contributed by atoms with E-state index in [4.69, 9.17) is 9.31 Å². The smallest absolute Gasteiger partial charge is 0.400 e. The molecule has 1 saturated heterocycles. The molecule has 0 atom stereocenters. The highest BCUT2D eigenvalue weighted by molar-refractivity contribution is 8.13. The Balaban J connectivity index is 2.04. The molecule has 0 spiro atoms. The molecule has 1 fully saturated rings. The molecule has 1 aliphatic rings. The molecule has 2 aromatic rings. The lowest BCUT2D eigenvalue weighted by Gasteiger charge is -2.32. The molecule has 0 saturated carbocycles. The van der Waals surface area contributed by atoms with Gasteiger partial charge in [-0.3, -0.25) is 4.79 Å². The van der Waals surface area contributed by atoms with Gasteiger partial charge in [-0.1, -0.05) is 48.2 Å². The maximum Gasteiger partial charge on any atom is 0.491 e. The quantitative estimate of drug-likeness (QED) is 0.671. The Morgan fingerprint density at radius 3 is 2.26 bits per heavy atom. The minimum Gasteiger partial charge on any atom is -0.400 e. The molecule has 27 heavy (non-hydrogen) atoms. The summed E-state index contributed by atoms with van der Waals surface area (Å²) in [6, 6.07) is 10.6. The van der Waals surface area contributed by atoms with Crippen molar-refractivity contribution in [1.29, 1.82) is 0 Å². The Morgan fingerprint density at radius 1 is 1.07 bits per heavy atom. The van der Waals surface area contributed by atoms with E-state index in [0.717, 1.165) is 16.4 Å². The molecular formula is C21H24BFO3S. The second kappa shape index (κ2) is 7.42. The standard InChI is InChI=1S/C21H24BFO3S/c1-14(24)27-13-16(22-25-20(2,3)21(4,5)26-22)12-15-10-11-19(23)18-9-7-6-8-17(15)18/h6-12H,13H2,1-5H3. The Kier molecular flexibility index (Phi) is 5.53. The summed E-state index contributed by atoms with van der Waals surface area (Å²) in [6.45, 7) is 9.53. The van der Waals surface area contributed by atoms with E-state index in [1.807, 2.05) is 52.0 Å². The molecule has 6 heteroatoms. The van der Waals surface area contributed by atoms with Gasteiger partial charge >= 0.3 is 7.12 Å². The van der Waals surface area contributed by atoms with Crippen LogP contribution < -0.4 is 0 Å². The summed E-state index contributed by atoms with van der Waals surface area (Å²) in [5.41, 5.74) is 0.789. The van der Waals surface area contributed by atoms with Crippen molar-refractivity contribution >= 4 is 40.8 Å². The second-order valence-electron chi connectivity index (χ2n) is 7.77. The van der Waals surface area contributed by atoms with E-state index in [9.17, 15) is 9.18 Å². The summed E-state index contributed by atoms with van der Waals surface area (Å²) in [5.74, 6) is 0.204. The van der Waals surface area contributed by atoms with E-state index in [0.29, 0.717) is 11.1 Å². The lowest BCUT2D eigenvalue weighted by atomic mass is 9.78. The highest BCUT2D eigenvalue weighted by Gasteiger charge is 2.52. The van der Waals surface area contributed by atoms with Crippen molar-refractivity contribution in [3.8, 4) is 0 Å². The highest BCUT2D eigenvalue weighted by atomic mass is 32.2. The van der Waals surface area contributed by atoms with Gasteiger partial charge in [0.25, 0.3) is 0 Å². The first kappa shape index (κ1) is 20.1. The van der Waals surface area contributed by atoms with E-state index in [1.165, 1.54) is 17.8 Å². The predicted octanol–water partition coefficient (Wildman–Crippen LogP) is 5.27. The fourth-order valence-corrected chi connectivity index (χ4v) is 3.56. The van der Waals surface area contributed by atoms with Crippen LogP contribution in [0.5, 0.6) is 0 Å². The van der Waals surface area contributed by atoms with E-state index >= 15 is 0 Å². The lowest BCUT2D eigenvalue weighted by Crippen LogP contribution is -2.41. The Morgan fingerprint density at radius 2 is 1.67 bits per heavy atom. The Labute approximate surface area is 164 Å². The molecule has 1 aliphatic heterocycles. The van der Waals surface area contributed by atoms with Gasteiger partial charge in [0.05, 0.1) is 11.2 Å². The van der Waals surface area contributed by atoms with Gasteiger partial charge in [0.2, 0.25) is 0 Å². The van der Waals surface area contributed by atoms with Gasteiger partial charge in [0, 0.05) is 18.1 Å². The normalized spacial score (nSPS) is 18.9. The van der Waals surface area contributed by atoms with E-state index < -0.39 is 18.3 Å². The van der Waals surface area contributed by atoms with Crippen LogP contribution in [0.2, 0.25) is 0 Å². The van der Waals surface area contributed by atoms with Crippen molar-refractivity contribution in [2.45, 2.75) is 45.8 Å². The number of thioether (sulfide) groups is 1. The summed E-state index contributed by atoms with van der Waals surface area (Å²) in [6.07, 6.45) is 1.96. The van der Waals surface area contributed by atoms with Gasteiger partial charge in [0.15, 0.2) is 5.12 Å². The summed E-state index contributed by atoms with van der Waals surface area (Å²) in [7, 11) is -0.550. The van der Waals surface area contributed by atoms with Crippen LogP contribution in [0.25, 0.3) is 16.8 Å². The van der Waals surface area contributed by atoms with Gasteiger partial charge < -0.3 is 9.31 Å². The summed E-state index contributed by atoms with van der Waals surface area (Å²) < 4.78 is 26.5. The van der Waals surface area contributed by atoms with Crippen LogP contribution in [0.3, 0.4) is 0 Å². The molecule has 3 rings (SSSR count). The summed E-state index contributed by atoms with van der Waals surface area (Å²) in [4.78, 5) is 11.5. The van der Waals surface area contributed by atoms with Gasteiger partial charge in [-0.2, -0.15) is 0 Å². The predicted molar refractivity (Wildman–Crippen MR) is 111 cm³/mol. The van der Waals surface area contributed by atoms with Gasteiger partial charge in [-0.05, 0) is 50.2 Å². The first-order chi connectivity index (χ1) is 12.6. The minimum absolute atomic E-state index is 0.0291. The number of carbonyl (C=O) groups is 1. The Bertz CT molecular complexity index is 891. The number of hydrogen-bond acceptors (Lipinski definition) is 4. The molecule has 142 valence electrons. The van der Waals surface area contributed by atoms with Crippen LogP contribution in [0.15, 0.2) is 41.9 Å². The molecule has 1 heterocycles. The SMILES string of the molecule is CC(=O)SCC(=Cc1ccc(F)c2ccccc12)B1OC(C)(C)C(C)(C)O1. The zero-order chi connectivity index (χ0) is 19.8. The third-order valence-electron chi connectivity index (χ3n) is 5.24. The highest BCUT2D eigenvalue weighted by Crippen LogP contribution is 2.39. The van der Waals surface area contributed by atoms with Crippen LogP contribution >= 0.6 is 11.8 Å². The molecule has 0 radical (unpaired) electrons. The second-order valence-corrected chi connectivity index (χ2v) is 8.92. The van der Waals surface area contributed by atoms with Crippen LogP contribution in [-0.4, -0.2) is 29.2 Å². The third-order valence-corrected chi connectivity index (χ3v) is 6.13. The molecule has 0 aliphatic carbocycles. The zero-order valence-electron chi connectivity index (χ0n) is 16.3. The first-order valence-electron chi connectivity index (χ1n) is 8.97. The van der Waals surface area contributed by atoms with Gasteiger partial charge in [0.1, 0.15) is 5.82 Å². The number of rotatable bonds is 4. The molecule has 0 amide bonds. The van der Waals surface area contributed by atoms with Crippen molar-refractivity contribution in [3.63, 3.8) is 0 Å². The first-order valence-corrected chi connectivity index (χ1v) is 9.96. The van der Waals surface area contributed by atoms with Crippen LogP contribution in [0.4, 0.5) is 4.39 Å². The van der Waals surface area contributed by atoms with Crippen molar-refractivity contribution in [1.82, 2.24) is 0 Å². The largest absolute Gasteiger partial charge is 0.491 e. The van der Waals surface area contributed by atoms with E-state index in [1.54, 1.807) is 19.1 Å². The zero-order valence-corrected chi connectivity index (χ0v) is 17.2. The van der Waals surface area contributed by atoms with Crippen molar-refractivity contribution in [2.75, 3.05) is 5.75 Å². The number of benzene rings is 2. The van der Waals surface area contributed by atoms with Crippen molar-refractivity contribution in [3.05, 3.63) is 53.3 Å². The van der Waals surface area contributed by atoms with Gasteiger partial charge in [-0.15, -0.1) is 0 Å². The maximum absolute atomic E-state index is 14.1. The number of halogens is 1. The molecule has 0 bridgehead atoms. The van der Waals surface area contributed by atoms with Crippen molar-refractivity contribution in [2.24, 2.45) is 0 Å². The molecule has 0 aromatic heterocycles. The van der Waals surface area contributed by atoms with Crippen molar-refractivity contribution < 1.29 is 18.5 Å². The number of fused-ring (bicyclic) bond motifs is 1. The fourth-order valence-electron chi connectivity index (χ4n) is 2.97. The topological polar surface area (TPSA) is 35.5 Å². The monoisotopic (exact) mass is 386 g/mol. The summed E-state index contributed by atoms with van der Waals surface area (Å²) >= 11 is 1.21. The Hall–Kier alpha value is -1.63. The molecule has 0 N–H and O–H groups in total. The number of hydrogen-bond donors (Lipinski definition) is 0. The van der Waals surface area contributed by atoms with E-state index in [2.05, 4.69) is 0 Å².